The van der Waals surface area contributed by atoms with Gasteiger partial charge < -0.3 is 14.5 Å². The molecule has 0 saturated heterocycles. The molecule has 2 aromatic heterocycles. The molecule has 0 aliphatic heterocycles. The summed E-state index contributed by atoms with van der Waals surface area (Å²) in [4.78, 5) is 42.4. The number of ether oxygens (including phenoxy) is 2. The maximum absolute atomic E-state index is 13.4. The van der Waals surface area contributed by atoms with E-state index < -0.39 is 23.8 Å². The number of nitrogens with one attached hydrogen (secondary N) is 1. The minimum Gasteiger partial charge on any atom is -0.465 e. The standard InChI is InChI=1S/C21H21NO5S/c1-3-26-20(24)18(21(25)27-4-2)17(19(23)16-10-7-11-28-16)14-12-22-15-9-6-5-8-13(14)15/h5-12,17-18,22H,3-4H2,1-2H3. The smallest absolute Gasteiger partial charge is 0.321 e. The molecule has 3 rings (SSSR count). The van der Waals surface area contributed by atoms with E-state index in [0.29, 0.717) is 10.4 Å². The Hall–Kier alpha value is -2.93. The van der Waals surface area contributed by atoms with Gasteiger partial charge in [0, 0.05) is 17.1 Å². The molecular formula is C21H21NO5S. The Labute approximate surface area is 166 Å². The zero-order valence-electron chi connectivity index (χ0n) is 15.6. The number of thiophene rings is 1. The van der Waals surface area contributed by atoms with E-state index in [2.05, 4.69) is 4.98 Å². The summed E-state index contributed by atoms with van der Waals surface area (Å²) in [5, 5.41) is 2.56. The first-order valence-electron chi connectivity index (χ1n) is 9.05. The molecule has 28 heavy (non-hydrogen) atoms. The highest BCUT2D eigenvalue weighted by molar-refractivity contribution is 7.12. The molecule has 0 aliphatic rings. The number of fused-ring (bicyclic) bond motifs is 1. The molecule has 0 fully saturated rings. The van der Waals surface area contributed by atoms with Gasteiger partial charge in [0.1, 0.15) is 0 Å². The molecule has 0 radical (unpaired) electrons. The molecule has 1 N–H and O–H groups in total. The van der Waals surface area contributed by atoms with Gasteiger partial charge in [-0.2, -0.15) is 0 Å². The zero-order valence-corrected chi connectivity index (χ0v) is 16.5. The van der Waals surface area contributed by atoms with Crippen LogP contribution in [0.2, 0.25) is 0 Å². The Kier molecular flexibility index (Phi) is 6.26. The third-order valence-corrected chi connectivity index (χ3v) is 5.30. The van der Waals surface area contributed by atoms with Gasteiger partial charge in [0.05, 0.1) is 24.0 Å². The minimum atomic E-state index is -1.38. The lowest BCUT2D eigenvalue weighted by molar-refractivity contribution is -0.162. The van der Waals surface area contributed by atoms with Gasteiger partial charge in [-0.05, 0) is 36.9 Å². The van der Waals surface area contributed by atoms with Crippen LogP contribution >= 0.6 is 11.3 Å². The molecule has 1 atom stereocenters. The van der Waals surface area contributed by atoms with Crippen LogP contribution in [-0.2, 0) is 19.1 Å². The number of benzene rings is 1. The predicted octanol–water partition coefficient (Wildman–Crippen LogP) is 3.94. The zero-order chi connectivity index (χ0) is 20.1. The Morgan fingerprint density at radius 3 is 2.29 bits per heavy atom. The van der Waals surface area contributed by atoms with E-state index in [9.17, 15) is 14.4 Å². The van der Waals surface area contributed by atoms with Crippen molar-refractivity contribution in [3.05, 3.63) is 58.4 Å². The third kappa shape index (κ3) is 3.84. The van der Waals surface area contributed by atoms with Crippen molar-refractivity contribution in [2.45, 2.75) is 19.8 Å². The lowest BCUT2D eigenvalue weighted by Crippen LogP contribution is -2.37. The Morgan fingerprint density at radius 1 is 1.00 bits per heavy atom. The number of hydrogen-bond donors (Lipinski definition) is 1. The van der Waals surface area contributed by atoms with E-state index in [4.69, 9.17) is 9.47 Å². The van der Waals surface area contributed by atoms with Crippen LogP contribution in [0, 0.1) is 5.92 Å². The van der Waals surface area contributed by atoms with E-state index in [1.165, 1.54) is 11.3 Å². The van der Waals surface area contributed by atoms with Crippen LogP contribution in [0.25, 0.3) is 10.9 Å². The van der Waals surface area contributed by atoms with Gasteiger partial charge in [-0.3, -0.25) is 14.4 Å². The first kappa shape index (κ1) is 19.8. The van der Waals surface area contributed by atoms with Crippen molar-refractivity contribution in [2.75, 3.05) is 13.2 Å². The number of H-pyrrole nitrogens is 1. The van der Waals surface area contributed by atoms with Gasteiger partial charge in [0.25, 0.3) is 0 Å². The van der Waals surface area contributed by atoms with E-state index in [1.807, 2.05) is 24.3 Å². The summed E-state index contributed by atoms with van der Waals surface area (Å²) in [6.07, 6.45) is 1.67. The molecule has 0 spiro atoms. The predicted molar refractivity (Wildman–Crippen MR) is 106 cm³/mol. The van der Waals surface area contributed by atoms with Crippen molar-refractivity contribution in [3.63, 3.8) is 0 Å². The number of ketones is 1. The van der Waals surface area contributed by atoms with Crippen LogP contribution in [0.5, 0.6) is 0 Å². The van der Waals surface area contributed by atoms with Gasteiger partial charge in [-0.15, -0.1) is 11.3 Å². The number of Topliss-reactive ketones (excluding diaryl/α,β-unsaturated/α-hetero) is 1. The number of aromatic nitrogens is 1. The van der Waals surface area contributed by atoms with E-state index >= 15 is 0 Å². The normalized spacial score (nSPS) is 12.1. The second-order valence-corrected chi connectivity index (χ2v) is 7.04. The Bertz CT molecular complexity index is 958. The molecule has 1 unspecified atom stereocenters. The van der Waals surface area contributed by atoms with Crippen LogP contribution in [-0.4, -0.2) is 35.9 Å². The summed E-state index contributed by atoms with van der Waals surface area (Å²) in [6.45, 7) is 3.51. The maximum Gasteiger partial charge on any atom is 0.321 e. The fourth-order valence-electron chi connectivity index (χ4n) is 3.23. The fraction of sp³-hybridized carbons (Fsp3) is 0.286. The van der Waals surface area contributed by atoms with E-state index in [-0.39, 0.29) is 19.0 Å². The second-order valence-electron chi connectivity index (χ2n) is 6.09. The molecule has 3 aromatic rings. The number of aromatic amines is 1. The molecule has 1 aromatic carbocycles. The molecule has 6 nitrogen and oxygen atoms in total. The highest BCUT2D eigenvalue weighted by Crippen LogP contribution is 2.36. The van der Waals surface area contributed by atoms with Gasteiger partial charge in [0.15, 0.2) is 11.7 Å². The molecule has 7 heteroatoms. The average molecular weight is 399 g/mol. The summed E-state index contributed by atoms with van der Waals surface area (Å²) in [5.41, 5.74) is 1.38. The van der Waals surface area contributed by atoms with Crippen LogP contribution in [0.1, 0.15) is 35.0 Å². The lowest BCUT2D eigenvalue weighted by Gasteiger charge is -2.23. The van der Waals surface area contributed by atoms with Crippen LogP contribution in [0.4, 0.5) is 0 Å². The summed E-state index contributed by atoms with van der Waals surface area (Å²) in [7, 11) is 0. The van der Waals surface area contributed by atoms with Gasteiger partial charge in [0.2, 0.25) is 0 Å². The van der Waals surface area contributed by atoms with Gasteiger partial charge >= 0.3 is 11.9 Å². The largest absolute Gasteiger partial charge is 0.465 e. The number of carbonyl (C=O) groups excluding carboxylic acids is 3. The molecule has 0 aliphatic carbocycles. The monoisotopic (exact) mass is 399 g/mol. The summed E-state index contributed by atoms with van der Waals surface area (Å²) >= 11 is 1.27. The van der Waals surface area contributed by atoms with Crippen molar-refractivity contribution in [3.8, 4) is 0 Å². The van der Waals surface area contributed by atoms with Crippen molar-refractivity contribution in [1.82, 2.24) is 4.98 Å². The Morgan fingerprint density at radius 2 is 1.68 bits per heavy atom. The summed E-state index contributed by atoms with van der Waals surface area (Å²) in [6, 6.07) is 10.9. The first-order chi connectivity index (χ1) is 13.6. The molecule has 2 heterocycles. The number of esters is 2. The van der Waals surface area contributed by atoms with E-state index in [0.717, 1.165) is 10.9 Å². The highest BCUT2D eigenvalue weighted by atomic mass is 32.1. The Balaban J connectivity index is 2.17. The highest BCUT2D eigenvalue weighted by Gasteiger charge is 2.44. The van der Waals surface area contributed by atoms with Crippen molar-refractivity contribution in [2.24, 2.45) is 5.92 Å². The number of rotatable bonds is 8. The third-order valence-electron chi connectivity index (χ3n) is 4.42. The summed E-state index contributed by atoms with van der Waals surface area (Å²) in [5.74, 6) is -4.27. The average Bonchev–Trinajstić information content (AvgIpc) is 3.36. The molecule has 0 saturated carbocycles. The minimum absolute atomic E-state index is 0.0997. The first-order valence-corrected chi connectivity index (χ1v) is 9.93. The van der Waals surface area contributed by atoms with Crippen molar-refractivity contribution in [1.29, 1.82) is 0 Å². The SMILES string of the molecule is CCOC(=O)C(C(=O)OCC)C(C(=O)c1cccs1)c1c[nH]c2ccccc12. The van der Waals surface area contributed by atoms with Crippen LogP contribution in [0.15, 0.2) is 48.0 Å². The molecule has 0 amide bonds. The molecular weight excluding hydrogens is 378 g/mol. The number of hydrogen-bond acceptors (Lipinski definition) is 6. The lowest BCUT2D eigenvalue weighted by atomic mass is 9.82. The number of para-hydroxylation sites is 1. The van der Waals surface area contributed by atoms with E-state index in [1.54, 1.807) is 37.6 Å². The number of carbonyl (C=O) groups is 3. The van der Waals surface area contributed by atoms with Crippen molar-refractivity contribution >= 4 is 40.0 Å². The van der Waals surface area contributed by atoms with Gasteiger partial charge in [-0.1, -0.05) is 24.3 Å². The second kappa shape index (κ2) is 8.84. The van der Waals surface area contributed by atoms with Gasteiger partial charge in [-0.25, -0.2) is 0 Å². The van der Waals surface area contributed by atoms with Crippen LogP contribution < -0.4 is 0 Å². The topological polar surface area (TPSA) is 85.5 Å². The summed E-state index contributed by atoms with van der Waals surface area (Å²) < 4.78 is 10.3. The maximum atomic E-state index is 13.4. The van der Waals surface area contributed by atoms with Crippen LogP contribution in [0.3, 0.4) is 0 Å². The molecule has 0 bridgehead atoms. The fourth-order valence-corrected chi connectivity index (χ4v) is 3.93. The van der Waals surface area contributed by atoms with Crippen molar-refractivity contribution < 1.29 is 23.9 Å². The molecule has 146 valence electrons. The quantitative estimate of drug-likeness (QED) is 0.352.